The Kier molecular flexibility index (Phi) is 9.53. The number of carbonyl (C=O) groups is 2. The van der Waals surface area contributed by atoms with Crippen molar-refractivity contribution in [2.24, 2.45) is 5.92 Å². The van der Waals surface area contributed by atoms with Crippen molar-refractivity contribution in [3.63, 3.8) is 0 Å². The van der Waals surface area contributed by atoms with E-state index in [1.165, 1.54) is 4.68 Å². The molecule has 1 aromatic heterocycles. The van der Waals surface area contributed by atoms with Crippen LogP contribution in [0.5, 0.6) is 0 Å². The van der Waals surface area contributed by atoms with E-state index in [1.807, 2.05) is 70.5 Å². The fourth-order valence-electron chi connectivity index (χ4n) is 5.64. The average molecular weight is 574 g/mol. The first-order valence-corrected chi connectivity index (χ1v) is 14.7. The quantitative estimate of drug-likeness (QED) is 0.360. The van der Waals surface area contributed by atoms with Gasteiger partial charge in [-0.25, -0.2) is 0 Å². The number of rotatable bonds is 9. The highest BCUT2D eigenvalue weighted by Crippen LogP contribution is 2.31. The van der Waals surface area contributed by atoms with Crippen molar-refractivity contribution in [1.82, 2.24) is 14.7 Å². The molecule has 2 unspecified atom stereocenters. The van der Waals surface area contributed by atoms with Crippen molar-refractivity contribution in [2.75, 3.05) is 55.7 Å². The maximum absolute atomic E-state index is 14.0. The van der Waals surface area contributed by atoms with E-state index < -0.39 is 6.10 Å². The Bertz CT molecular complexity index is 1410. The fraction of sp³-hybridized carbons (Fsp3) is 0.438. The van der Waals surface area contributed by atoms with E-state index in [-0.39, 0.29) is 23.4 Å². The van der Waals surface area contributed by atoms with Crippen LogP contribution in [0.4, 0.5) is 11.4 Å². The molecule has 0 spiro atoms. The topological polar surface area (TPSA) is 97.2 Å². The normalized spacial score (nSPS) is 18.0. The van der Waals surface area contributed by atoms with E-state index >= 15 is 0 Å². The highest BCUT2D eigenvalue weighted by Gasteiger charge is 2.33. The number of para-hydroxylation sites is 1. The molecule has 0 N–H and O–H groups in total. The van der Waals surface area contributed by atoms with Gasteiger partial charge in [0.1, 0.15) is 11.8 Å². The Morgan fingerprint density at radius 2 is 1.64 bits per heavy atom. The third-order valence-electron chi connectivity index (χ3n) is 7.91. The summed E-state index contributed by atoms with van der Waals surface area (Å²) >= 11 is 0. The van der Waals surface area contributed by atoms with Crippen molar-refractivity contribution in [3.05, 3.63) is 82.8 Å². The van der Waals surface area contributed by atoms with Gasteiger partial charge in [0.05, 0.1) is 36.7 Å². The predicted octanol–water partition coefficient (Wildman–Crippen LogP) is 3.27. The number of aromatic nitrogens is 2. The molecule has 1 amide bonds. The molecule has 222 valence electrons. The number of hydrogen-bond acceptors (Lipinski definition) is 8. The number of piperazine rings is 1. The lowest BCUT2D eigenvalue weighted by molar-refractivity contribution is -0.148. The summed E-state index contributed by atoms with van der Waals surface area (Å²) in [6.45, 7) is 7.48. The predicted molar refractivity (Wildman–Crippen MR) is 161 cm³/mol. The molecule has 2 aromatic carbocycles. The summed E-state index contributed by atoms with van der Waals surface area (Å²) in [5.41, 5.74) is 2.72. The molecule has 0 radical (unpaired) electrons. The second kappa shape index (κ2) is 13.7. The minimum absolute atomic E-state index is 0.0447. The van der Waals surface area contributed by atoms with Crippen molar-refractivity contribution in [3.8, 4) is 5.69 Å². The van der Waals surface area contributed by atoms with Crippen LogP contribution < -0.4 is 15.4 Å². The number of anilines is 2. The first kappa shape index (κ1) is 29.3. The van der Waals surface area contributed by atoms with Crippen LogP contribution in [-0.4, -0.2) is 78.5 Å². The molecule has 3 aromatic rings. The number of hydrogen-bond donors (Lipinski definition) is 0. The zero-order valence-electron chi connectivity index (χ0n) is 24.4. The second-order valence-electron chi connectivity index (χ2n) is 10.7. The van der Waals surface area contributed by atoms with E-state index in [1.54, 1.807) is 20.0 Å². The van der Waals surface area contributed by atoms with Crippen molar-refractivity contribution >= 4 is 23.3 Å². The summed E-state index contributed by atoms with van der Waals surface area (Å²) in [7, 11) is 0. The van der Waals surface area contributed by atoms with Gasteiger partial charge >= 0.3 is 5.97 Å². The molecule has 5 rings (SSSR count). The first-order valence-electron chi connectivity index (χ1n) is 14.7. The lowest BCUT2D eigenvalue weighted by Crippen LogP contribution is -2.52. The molecular weight excluding hydrogens is 534 g/mol. The van der Waals surface area contributed by atoms with Gasteiger partial charge in [-0.15, -0.1) is 0 Å². The van der Waals surface area contributed by atoms with Gasteiger partial charge in [0.25, 0.3) is 11.5 Å². The molecule has 2 aliphatic heterocycles. The van der Waals surface area contributed by atoms with Crippen molar-refractivity contribution in [2.45, 2.75) is 39.4 Å². The number of amides is 1. The Labute approximate surface area is 246 Å². The van der Waals surface area contributed by atoms with Gasteiger partial charge in [0, 0.05) is 39.3 Å². The second-order valence-corrected chi connectivity index (χ2v) is 10.7. The molecule has 0 bridgehead atoms. The highest BCUT2D eigenvalue weighted by molar-refractivity contribution is 5.81. The first-order chi connectivity index (χ1) is 20.5. The molecule has 42 heavy (non-hydrogen) atoms. The van der Waals surface area contributed by atoms with Crippen LogP contribution in [0.15, 0.2) is 71.7 Å². The molecule has 0 aliphatic carbocycles. The average Bonchev–Trinajstić information content (AvgIpc) is 3.04. The third kappa shape index (κ3) is 6.65. The van der Waals surface area contributed by atoms with E-state index in [0.29, 0.717) is 63.9 Å². The summed E-state index contributed by atoms with van der Waals surface area (Å²) in [5.74, 6) is -0.565. The fourth-order valence-corrected chi connectivity index (χ4v) is 5.64. The van der Waals surface area contributed by atoms with Crippen LogP contribution in [0.25, 0.3) is 5.69 Å². The van der Waals surface area contributed by atoms with Gasteiger partial charge in [-0.05, 0) is 44.4 Å². The summed E-state index contributed by atoms with van der Waals surface area (Å²) in [4.78, 5) is 45.7. The molecule has 3 heterocycles. The number of esters is 1. The van der Waals surface area contributed by atoms with Gasteiger partial charge in [-0.2, -0.15) is 9.78 Å². The molecular formula is C32H39N5O5. The van der Waals surface area contributed by atoms with Crippen LogP contribution in [-0.2, 0) is 25.7 Å². The Hall–Kier alpha value is -4.18. The van der Waals surface area contributed by atoms with E-state index in [9.17, 15) is 14.4 Å². The zero-order chi connectivity index (χ0) is 29.5. The summed E-state index contributed by atoms with van der Waals surface area (Å²) in [5, 5.41) is 4.54. The number of piperidine rings is 1. The van der Waals surface area contributed by atoms with Gasteiger partial charge in [0.2, 0.25) is 0 Å². The third-order valence-corrected chi connectivity index (χ3v) is 7.91. The van der Waals surface area contributed by atoms with E-state index in [0.717, 1.165) is 24.1 Å². The SMILES string of the molecule is CCOC(=O)C1CCCN(c2c(N3CCN(C(=O)C(C)OCc4ccccc4)CC3)cnn(-c3ccccc3)c2=O)C1. The van der Waals surface area contributed by atoms with Gasteiger partial charge in [0.15, 0.2) is 0 Å². The number of benzene rings is 2. The number of nitrogens with zero attached hydrogens (tertiary/aromatic N) is 5. The maximum atomic E-state index is 14.0. The summed E-state index contributed by atoms with van der Waals surface area (Å²) in [6.07, 6.45) is 2.69. The lowest BCUT2D eigenvalue weighted by atomic mass is 9.97. The molecule has 10 nitrogen and oxygen atoms in total. The van der Waals surface area contributed by atoms with E-state index in [2.05, 4.69) is 10.00 Å². The Morgan fingerprint density at radius 3 is 2.33 bits per heavy atom. The van der Waals surface area contributed by atoms with Crippen LogP contribution in [0.2, 0.25) is 0 Å². The van der Waals surface area contributed by atoms with Crippen LogP contribution in [0, 0.1) is 5.92 Å². The summed E-state index contributed by atoms with van der Waals surface area (Å²) in [6, 6.07) is 19.1. The molecule has 2 fully saturated rings. The minimum atomic E-state index is -0.558. The van der Waals surface area contributed by atoms with Crippen molar-refractivity contribution in [1.29, 1.82) is 0 Å². The lowest BCUT2D eigenvalue weighted by Gasteiger charge is -2.40. The van der Waals surface area contributed by atoms with Gasteiger partial charge < -0.3 is 24.2 Å². The number of carbonyl (C=O) groups excluding carboxylic acids is 2. The van der Waals surface area contributed by atoms with Crippen LogP contribution >= 0.6 is 0 Å². The zero-order valence-corrected chi connectivity index (χ0v) is 24.4. The monoisotopic (exact) mass is 573 g/mol. The smallest absolute Gasteiger partial charge is 0.310 e. The van der Waals surface area contributed by atoms with Gasteiger partial charge in [-0.3, -0.25) is 14.4 Å². The maximum Gasteiger partial charge on any atom is 0.310 e. The molecule has 2 aliphatic rings. The molecule has 2 atom stereocenters. The number of ether oxygens (including phenoxy) is 2. The van der Waals surface area contributed by atoms with Crippen LogP contribution in [0.3, 0.4) is 0 Å². The Morgan fingerprint density at radius 1 is 0.952 bits per heavy atom. The largest absolute Gasteiger partial charge is 0.466 e. The van der Waals surface area contributed by atoms with Crippen LogP contribution in [0.1, 0.15) is 32.3 Å². The highest BCUT2D eigenvalue weighted by atomic mass is 16.5. The Balaban J connectivity index is 1.34. The van der Waals surface area contributed by atoms with E-state index in [4.69, 9.17) is 9.47 Å². The molecule has 2 saturated heterocycles. The minimum Gasteiger partial charge on any atom is -0.466 e. The van der Waals surface area contributed by atoms with Gasteiger partial charge in [-0.1, -0.05) is 48.5 Å². The standard InChI is InChI=1S/C32H39N5O5/c1-3-41-32(40)26-13-10-16-36(22-26)29-28(21-33-37(31(29)39)27-14-8-5-9-15-27)34-17-19-35(20-18-34)30(38)24(2)42-23-25-11-6-4-7-12-25/h4-9,11-12,14-15,21,24,26H,3,10,13,16-20,22-23H2,1-2H3. The molecule has 10 heteroatoms. The molecule has 0 saturated carbocycles. The van der Waals surface area contributed by atoms with Crippen molar-refractivity contribution < 1.29 is 19.1 Å². The summed E-state index contributed by atoms with van der Waals surface area (Å²) < 4.78 is 12.6.